The first-order chi connectivity index (χ1) is 15.5. The Morgan fingerprint density at radius 3 is 2.41 bits per heavy atom. The van der Waals surface area contributed by atoms with Gasteiger partial charge < -0.3 is 5.11 Å². The van der Waals surface area contributed by atoms with Gasteiger partial charge >= 0.3 is 5.91 Å². The van der Waals surface area contributed by atoms with Gasteiger partial charge in [0.05, 0.1) is 15.8 Å². The van der Waals surface area contributed by atoms with E-state index in [1.165, 1.54) is 34.4 Å². The maximum absolute atomic E-state index is 14.9. The minimum atomic E-state index is -1.14. The van der Waals surface area contributed by atoms with Gasteiger partial charge in [0.15, 0.2) is 5.13 Å². The Kier molecular flexibility index (Phi) is 4.83. The molecule has 0 aliphatic carbocycles. The second kappa shape index (κ2) is 7.69. The fourth-order valence-corrected chi connectivity index (χ4v) is 4.84. The summed E-state index contributed by atoms with van der Waals surface area (Å²) >= 11 is 1.23. The molecule has 1 N–H and O–H groups in total. The van der Waals surface area contributed by atoms with Gasteiger partial charge in [-0.15, -0.1) is 0 Å². The average Bonchev–Trinajstić information content (AvgIpc) is 3.33. The highest BCUT2D eigenvalue weighted by molar-refractivity contribution is 7.22. The van der Waals surface area contributed by atoms with Crippen molar-refractivity contribution in [1.29, 1.82) is 0 Å². The van der Waals surface area contributed by atoms with Crippen molar-refractivity contribution in [3.05, 3.63) is 101 Å². The number of anilines is 1. The molecule has 1 aromatic heterocycles. The van der Waals surface area contributed by atoms with Crippen molar-refractivity contribution in [2.75, 3.05) is 4.90 Å². The van der Waals surface area contributed by atoms with Gasteiger partial charge in [0.1, 0.15) is 17.6 Å². The fourth-order valence-electron chi connectivity index (χ4n) is 3.85. The molecule has 3 aromatic carbocycles. The SMILES string of the molecule is Cc1ccc(/C(O)=C2\C(=O)C(=O)N(c3nc4ccccc4s3)[C@H]2c2ccccc2F)cc1. The third-order valence-electron chi connectivity index (χ3n) is 5.46. The second-order valence-corrected chi connectivity index (χ2v) is 8.53. The summed E-state index contributed by atoms with van der Waals surface area (Å²) in [5.74, 6) is -2.66. The molecular formula is C25H17FN2O3S. The number of aromatic nitrogens is 1. The number of carbonyl (C=O) groups excluding carboxylic acids is 2. The third kappa shape index (κ3) is 3.18. The standard InChI is InChI=1S/C25H17FN2O3S/c1-14-10-12-15(13-11-14)22(29)20-21(16-6-2-3-7-17(16)26)28(24(31)23(20)30)25-27-18-8-4-5-9-19(18)32-25/h2-13,21,29H,1H3/b22-20+/t21-/m0/s1. The van der Waals surface area contributed by atoms with Crippen molar-refractivity contribution in [3.8, 4) is 0 Å². The number of hydrogen-bond acceptors (Lipinski definition) is 5. The molecule has 1 atom stereocenters. The molecule has 5 rings (SSSR count). The topological polar surface area (TPSA) is 70.5 Å². The van der Waals surface area contributed by atoms with Crippen molar-refractivity contribution in [1.82, 2.24) is 4.98 Å². The van der Waals surface area contributed by atoms with Gasteiger partial charge in [0.2, 0.25) is 0 Å². The van der Waals surface area contributed by atoms with Crippen LogP contribution in [0.1, 0.15) is 22.7 Å². The summed E-state index contributed by atoms with van der Waals surface area (Å²) in [6.45, 7) is 1.90. The van der Waals surface area contributed by atoms with Crippen LogP contribution in [0.3, 0.4) is 0 Å². The van der Waals surface area contributed by atoms with Crippen molar-refractivity contribution >= 4 is 44.1 Å². The lowest BCUT2D eigenvalue weighted by atomic mass is 9.95. The number of para-hydroxylation sites is 1. The molecule has 0 radical (unpaired) electrons. The molecule has 0 spiro atoms. The molecule has 0 saturated carbocycles. The summed E-state index contributed by atoms with van der Waals surface area (Å²) in [6.07, 6.45) is 0. The summed E-state index contributed by atoms with van der Waals surface area (Å²) in [4.78, 5) is 32.0. The van der Waals surface area contributed by atoms with Crippen LogP contribution in [-0.4, -0.2) is 21.8 Å². The lowest BCUT2D eigenvalue weighted by Crippen LogP contribution is -2.29. The highest BCUT2D eigenvalue weighted by atomic mass is 32.1. The molecule has 32 heavy (non-hydrogen) atoms. The van der Waals surface area contributed by atoms with E-state index in [2.05, 4.69) is 4.98 Å². The van der Waals surface area contributed by atoms with Crippen LogP contribution in [0.15, 0.2) is 78.4 Å². The molecule has 2 heterocycles. The van der Waals surface area contributed by atoms with E-state index in [4.69, 9.17) is 0 Å². The van der Waals surface area contributed by atoms with E-state index >= 15 is 0 Å². The molecule has 1 aliphatic rings. The van der Waals surface area contributed by atoms with Crippen LogP contribution in [0.5, 0.6) is 0 Å². The largest absolute Gasteiger partial charge is 0.507 e. The van der Waals surface area contributed by atoms with Crippen LogP contribution < -0.4 is 4.90 Å². The number of nitrogens with zero attached hydrogens (tertiary/aromatic N) is 2. The van der Waals surface area contributed by atoms with E-state index in [0.717, 1.165) is 10.3 Å². The summed E-state index contributed by atoms with van der Waals surface area (Å²) in [5, 5.41) is 11.3. The van der Waals surface area contributed by atoms with Crippen LogP contribution in [-0.2, 0) is 9.59 Å². The number of halogens is 1. The van der Waals surface area contributed by atoms with Gasteiger partial charge in [-0.1, -0.05) is 71.5 Å². The van der Waals surface area contributed by atoms with E-state index in [1.807, 2.05) is 25.1 Å². The normalized spacial score (nSPS) is 17.9. The van der Waals surface area contributed by atoms with Crippen molar-refractivity contribution in [2.24, 2.45) is 0 Å². The summed E-state index contributed by atoms with van der Waals surface area (Å²) in [7, 11) is 0. The molecule has 0 unspecified atom stereocenters. The lowest BCUT2D eigenvalue weighted by Gasteiger charge is -2.23. The fraction of sp³-hybridized carbons (Fsp3) is 0.0800. The van der Waals surface area contributed by atoms with Crippen LogP contribution in [0.4, 0.5) is 9.52 Å². The number of aliphatic hydroxyl groups excluding tert-OH is 1. The Balaban J connectivity index is 1.75. The molecule has 7 heteroatoms. The van der Waals surface area contributed by atoms with E-state index in [9.17, 15) is 19.1 Å². The molecule has 5 nitrogen and oxygen atoms in total. The molecular weight excluding hydrogens is 427 g/mol. The highest BCUT2D eigenvalue weighted by Gasteiger charge is 2.49. The number of amides is 1. The first-order valence-electron chi connectivity index (χ1n) is 9.94. The summed E-state index contributed by atoms with van der Waals surface area (Å²) in [6, 6.07) is 19.0. The monoisotopic (exact) mass is 444 g/mol. The lowest BCUT2D eigenvalue weighted by molar-refractivity contribution is -0.132. The number of benzene rings is 3. The number of aliphatic hydroxyl groups is 1. The molecule has 1 saturated heterocycles. The summed E-state index contributed by atoms with van der Waals surface area (Å²) in [5.41, 5.74) is 1.96. The number of Topliss-reactive ketones (excluding diaryl/α,β-unsaturated/α-hetero) is 1. The third-order valence-corrected chi connectivity index (χ3v) is 6.49. The van der Waals surface area contributed by atoms with E-state index in [-0.39, 0.29) is 22.0 Å². The number of carbonyl (C=O) groups is 2. The molecule has 1 amide bonds. The van der Waals surface area contributed by atoms with E-state index in [0.29, 0.717) is 11.1 Å². The van der Waals surface area contributed by atoms with E-state index < -0.39 is 23.5 Å². The zero-order valence-electron chi connectivity index (χ0n) is 16.9. The van der Waals surface area contributed by atoms with Gasteiger partial charge in [-0.25, -0.2) is 9.37 Å². The Bertz CT molecular complexity index is 1380. The zero-order valence-corrected chi connectivity index (χ0v) is 17.8. The van der Waals surface area contributed by atoms with Crippen LogP contribution in [0.2, 0.25) is 0 Å². The second-order valence-electron chi connectivity index (χ2n) is 7.52. The number of ketones is 1. The molecule has 1 aliphatic heterocycles. The first-order valence-corrected chi connectivity index (χ1v) is 10.8. The Morgan fingerprint density at radius 2 is 1.69 bits per heavy atom. The Labute approximate surface area is 187 Å². The van der Waals surface area contributed by atoms with Crippen LogP contribution in [0.25, 0.3) is 16.0 Å². The van der Waals surface area contributed by atoms with E-state index in [1.54, 1.807) is 36.4 Å². The van der Waals surface area contributed by atoms with Crippen molar-refractivity contribution in [3.63, 3.8) is 0 Å². The average molecular weight is 444 g/mol. The van der Waals surface area contributed by atoms with Gasteiger partial charge in [0, 0.05) is 11.1 Å². The highest BCUT2D eigenvalue weighted by Crippen LogP contribution is 2.44. The van der Waals surface area contributed by atoms with Gasteiger partial charge in [-0.3, -0.25) is 14.5 Å². The minimum Gasteiger partial charge on any atom is -0.507 e. The molecule has 1 fully saturated rings. The van der Waals surface area contributed by atoms with Gasteiger partial charge in [0.25, 0.3) is 5.78 Å². The van der Waals surface area contributed by atoms with Crippen molar-refractivity contribution in [2.45, 2.75) is 13.0 Å². The number of thiazole rings is 1. The van der Waals surface area contributed by atoms with Crippen LogP contribution >= 0.6 is 11.3 Å². The zero-order chi connectivity index (χ0) is 22.4. The number of hydrogen-bond donors (Lipinski definition) is 1. The molecule has 0 bridgehead atoms. The number of aryl methyl sites for hydroxylation is 1. The maximum atomic E-state index is 14.9. The first kappa shape index (κ1) is 20.1. The Hall–Kier alpha value is -3.84. The van der Waals surface area contributed by atoms with Gasteiger partial charge in [-0.2, -0.15) is 0 Å². The number of fused-ring (bicyclic) bond motifs is 1. The number of rotatable bonds is 3. The van der Waals surface area contributed by atoms with Crippen LogP contribution in [0, 0.1) is 12.7 Å². The summed E-state index contributed by atoms with van der Waals surface area (Å²) < 4.78 is 15.7. The molecule has 4 aromatic rings. The quantitative estimate of drug-likeness (QED) is 0.262. The minimum absolute atomic E-state index is 0.111. The van der Waals surface area contributed by atoms with Crippen molar-refractivity contribution < 1.29 is 19.1 Å². The predicted molar refractivity (Wildman–Crippen MR) is 122 cm³/mol. The van der Waals surface area contributed by atoms with Gasteiger partial charge in [-0.05, 0) is 25.1 Å². The molecule has 158 valence electrons. The maximum Gasteiger partial charge on any atom is 0.301 e. The predicted octanol–water partition coefficient (Wildman–Crippen LogP) is 5.37. The Morgan fingerprint density at radius 1 is 1.00 bits per heavy atom. The smallest absolute Gasteiger partial charge is 0.301 e.